The van der Waals surface area contributed by atoms with E-state index in [0.717, 1.165) is 18.5 Å². The average Bonchev–Trinajstić information content (AvgIpc) is 2.44. The Labute approximate surface area is 121 Å². The zero-order valence-corrected chi connectivity index (χ0v) is 12.6. The molecule has 1 saturated heterocycles. The lowest BCUT2D eigenvalue weighted by Crippen LogP contribution is -2.40. The highest BCUT2D eigenvalue weighted by atomic mass is 79.9. The molecule has 1 aromatic rings. The molecular weight excluding hydrogens is 313 g/mol. The Morgan fingerprint density at radius 2 is 2.32 bits per heavy atom. The summed E-state index contributed by atoms with van der Waals surface area (Å²) in [4.78, 5) is 0. The fraction of sp³-hybridized carbons (Fsp3) is 0.571. The predicted octanol–water partition coefficient (Wildman–Crippen LogP) is 3.04. The van der Waals surface area contributed by atoms with Gasteiger partial charge in [-0.25, -0.2) is 4.39 Å². The molecule has 5 heteroatoms. The minimum Gasteiger partial charge on any atom is -0.376 e. The van der Waals surface area contributed by atoms with Gasteiger partial charge in [-0.3, -0.25) is 0 Å². The van der Waals surface area contributed by atoms with Crippen molar-refractivity contribution in [3.8, 4) is 0 Å². The summed E-state index contributed by atoms with van der Waals surface area (Å²) in [5, 5.41) is 3.45. The van der Waals surface area contributed by atoms with Gasteiger partial charge in [0.1, 0.15) is 11.9 Å². The van der Waals surface area contributed by atoms with Crippen LogP contribution in [-0.2, 0) is 9.47 Å². The van der Waals surface area contributed by atoms with Crippen LogP contribution in [0, 0.1) is 5.82 Å². The highest BCUT2D eigenvalue weighted by Crippen LogP contribution is 2.26. The number of nitrogens with one attached hydrogen (secondary N) is 1. The fourth-order valence-corrected chi connectivity index (χ4v) is 2.56. The molecule has 1 aliphatic rings. The van der Waals surface area contributed by atoms with Crippen molar-refractivity contribution in [2.75, 3.05) is 26.4 Å². The molecule has 19 heavy (non-hydrogen) atoms. The van der Waals surface area contributed by atoms with E-state index in [9.17, 15) is 4.39 Å². The van der Waals surface area contributed by atoms with Crippen molar-refractivity contribution < 1.29 is 13.9 Å². The third kappa shape index (κ3) is 3.99. The third-order valence-electron chi connectivity index (χ3n) is 3.13. The van der Waals surface area contributed by atoms with Crippen LogP contribution in [0.15, 0.2) is 22.7 Å². The first kappa shape index (κ1) is 14.9. The monoisotopic (exact) mass is 331 g/mol. The first-order valence-corrected chi connectivity index (χ1v) is 7.39. The van der Waals surface area contributed by atoms with Gasteiger partial charge in [-0.15, -0.1) is 0 Å². The van der Waals surface area contributed by atoms with E-state index in [4.69, 9.17) is 9.47 Å². The molecule has 2 atom stereocenters. The lowest BCUT2D eigenvalue weighted by atomic mass is 10.0. The average molecular weight is 332 g/mol. The van der Waals surface area contributed by atoms with E-state index in [1.165, 1.54) is 6.07 Å². The number of hydrogen-bond donors (Lipinski definition) is 1. The molecule has 0 spiro atoms. The van der Waals surface area contributed by atoms with Gasteiger partial charge >= 0.3 is 0 Å². The van der Waals surface area contributed by atoms with Gasteiger partial charge in [0.05, 0.1) is 30.3 Å². The van der Waals surface area contributed by atoms with Gasteiger partial charge in [-0.2, -0.15) is 0 Å². The maximum Gasteiger partial charge on any atom is 0.137 e. The summed E-state index contributed by atoms with van der Waals surface area (Å²) >= 11 is 3.23. The zero-order chi connectivity index (χ0) is 13.7. The van der Waals surface area contributed by atoms with Gasteiger partial charge in [0, 0.05) is 0 Å². The molecule has 3 nitrogen and oxygen atoms in total. The standard InChI is InChI=1S/C14H19BrFNO2/c1-2-5-17-14(13-9-18-6-7-19-13)10-3-4-12(16)11(15)8-10/h3-4,8,13-14,17H,2,5-7,9H2,1H3. The van der Waals surface area contributed by atoms with Crippen LogP contribution in [-0.4, -0.2) is 32.5 Å². The van der Waals surface area contributed by atoms with Crippen molar-refractivity contribution >= 4 is 15.9 Å². The van der Waals surface area contributed by atoms with Gasteiger partial charge in [-0.1, -0.05) is 13.0 Å². The van der Waals surface area contributed by atoms with E-state index < -0.39 is 0 Å². The molecular formula is C14H19BrFNO2. The summed E-state index contributed by atoms with van der Waals surface area (Å²) < 4.78 is 25.0. The highest BCUT2D eigenvalue weighted by Gasteiger charge is 2.26. The molecule has 1 fully saturated rings. The highest BCUT2D eigenvalue weighted by molar-refractivity contribution is 9.10. The van der Waals surface area contributed by atoms with E-state index >= 15 is 0 Å². The van der Waals surface area contributed by atoms with Crippen LogP contribution in [0.3, 0.4) is 0 Å². The van der Waals surface area contributed by atoms with Gasteiger partial charge in [0.2, 0.25) is 0 Å². The molecule has 0 amide bonds. The number of hydrogen-bond acceptors (Lipinski definition) is 3. The summed E-state index contributed by atoms with van der Waals surface area (Å²) in [6.07, 6.45) is 1.00. The molecule has 0 aromatic heterocycles. The first-order valence-electron chi connectivity index (χ1n) is 6.60. The zero-order valence-electron chi connectivity index (χ0n) is 11.0. The van der Waals surface area contributed by atoms with Gasteiger partial charge in [0.25, 0.3) is 0 Å². The van der Waals surface area contributed by atoms with E-state index in [1.54, 1.807) is 12.1 Å². The SMILES string of the molecule is CCCNC(c1ccc(F)c(Br)c1)C1COCCO1. The second-order valence-corrected chi connectivity index (χ2v) is 5.44. The summed E-state index contributed by atoms with van der Waals surface area (Å²) in [6, 6.07) is 5.10. The second kappa shape index (κ2) is 7.33. The Bertz CT molecular complexity index is 410. The van der Waals surface area contributed by atoms with Gasteiger partial charge < -0.3 is 14.8 Å². The predicted molar refractivity (Wildman–Crippen MR) is 75.7 cm³/mol. The van der Waals surface area contributed by atoms with Crippen LogP contribution in [0.4, 0.5) is 4.39 Å². The number of ether oxygens (including phenoxy) is 2. The Kier molecular flexibility index (Phi) is 5.76. The van der Waals surface area contributed by atoms with Crippen LogP contribution in [0.25, 0.3) is 0 Å². The van der Waals surface area contributed by atoms with Crippen molar-refractivity contribution in [3.63, 3.8) is 0 Å². The normalized spacial score (nSPS) is 21.3. The third-order valence-corrected chi connectivity index (χ3v) is 3.74. The van der Waals surface area contributed by atoms with Crippen molar-refractivity contribution in [1.29, 1.82) is 0 Å². The van der Waals surface area contributed by atoms with Crippen molar-refractivity contribution in [1.82, 2.24) is 5.32 Å². The lowest BCUT2D eigenvalue weighted by Gasteiger charge is -2.31. The fourth-order valence-electron chi connectivity index (χ4n) is 2.17. The van der Waals surface area contributed by atoms with Crippen LogP contribution >= 0.6 is 15.9 Å². The van der Waals surface area contributed by atoms with E-state index in [-0.39, 0.29) is 18.0 Å². The molecule has 0 saturated carbocycles. The van der Waals surface area contributed by atoms with E-state index in [1.807, 2.05) is 0 Å². The molecule has 106 valence electrons. The lowest BCUT2D eigenvalue weighted by molar-refractivity contribution is -0.102. The van der Waals surface area contributed by atoms with Gasteiger partial charge in [0.15, 0.2) is 0 Å². The minimum atomic E-state index is -0.251. The Morgan fingerprint density at radius 3 is 2.95 bits per heavy atom. The van der Waals surface area contributed by atoms with Crippen molar-refractivity contribution in [2.24, 2.45) is 0 Å². The first-order chi connectivity index (χ1) is 9.22. The van der Waals surface area contributed by atoms with Crippen molar-refractivity contribution in [2.45, 2.75) is 25.5 Å². The molecule has 1 aromatic carbocycles. The molecule has 0 radical (unpaired) electrons. The van der Waals surface area contributed by atoms with Crippen LogP contribution in [0.1, 0.15) is 24.9 Å². The summed E-state index contributed by atoms with van der Waals surface area (Å²) in [6.45, 7) is 4.82. The van der Waals surface area contributed by atoms with Crippen LogP contribution in [0.2, 0.25) is 0 Å². The quantitative estimate of drug-likeness (QED) is 0.899. The Hall–Kier alpha value is -0.490. The van der Waals surface area contributed by atoms with Crippen LogP contribution < -0.4 is 5.32 Å². The smallest absolute Gasteiger partial charge is 0.137 e. The largest absolute Gasteiger partial charge is 0.376 e. The molecule has 2 rings (SSSR count). The molecule has 2 unspecified atom stereocenters. The number of rotatable bonds is 5. The van der Waals surface area contributed by atoms with Crippen LogP contribution in [0.5, 0.6) is 0 Å². The molecule has 1 N–H and O–H groups in total. The minimum absolute atomic E-state index is 0.0251. The van der Waals surface area contributed by atoms with E-state index in [0.29, 0.717) is 24.3 Å². The molecule has 0 aliphatic carbocycles. The number of halogens is 2. The maximum absolute atomic E-state index is 13.3. The molecule has 0 bridgehead atoms. The molecule has 1 aliphatic heterocycles. The Morgan fingerprint density at radius 1 is 1.47 bits per heavy atom. The molecule has 1 heterocycles. The van der Waals surface area contributed by atoms with Gasteiger partial charge in [-0.05, 0) is 46.6 Å². The van der Waals surface area contributed by atoms with E-state index in [2.05, 4.69) is 28.2 Å². The number of benzene rings is 1. The topological polar surface area (TPSA) is 30.5 Å². The summed E-state index contributed by atoms with van der Waals surface area (Å²) in [5.74, 6) is -0.251. The second-order valence-electron chi connectivity index (χ2n) is 4.59. The van der Waals surface area contributed by atoms with Crippen molar-refractivity contribution in [3.05, 3.63) is 34.1 Å². The maximum atomic E-state index is 13.3. The summed E-state index contributed by atoms with van der Waals surface area (Å²) in [7, 11) is 0. The Balaban J connectivity index is 2.17. The summed E-state index contributed by atoms with van der Waals surface area (Å²) in [5.41, 5.74) is 1.01.